The third-order valence-corrected chi connectivity index (χ3v) is 5.13. The predicted molar refractivity (Wildman–Crippen MR) is 129 cm³/mol. The zero-order valence-electron chi connectivity index (χ0n) is 18.3. The van der Waals surface area contributed by atoms with Crippen LogP contribution in [-0.2, 0) is 4.79 Å². The second-order valence-electron chi connectivity index (χ2n) is 7.26. The summed E-state index contributed by atoms with van der Waals surface area (Å²) in [5.74, 6) is 1.92. The Hall–Kier alpha value is -3.70. The van der Waals surface area contributed by atoms with Crippen molar-refractivity contribution in [1.82, 2.24) is 0 Å². The van der Waals surface area contributed by atoms with E-state index in [2.05, 4.69) is 0 Å². The van der Waals surface area contributed by atoms with Crippen LogP contribution in [-0.4, -0.2) is 13.1 Å². The standard InChI is InChI=1S/C27H23ClO5/c1-3-10-23(29)33-25-22-17-18(28)15-16-21(22)24(30-2)26(31-19-11-6-4-7-12-19)27(25)32-20-13-8-5-9-14-20/h4-9,11-17H,3,10H2,1-2H3. The molecule has 0 fully saturated rings. The van der Waals surface area contributed by atoms with E-state index in [1.165, 1.54) is 0 Å². The average Bonchev–Trinajstić information content (AvgIpc) is 2.83. The van der Waals surface area contributed by atoms with Crippen molar-refractivity contribution < 1.29 is 23.7 Å². The molecule has 0 unspecified atom stereocenters. The van der Waals surface area contributed by atoms with Crippen LogP contribution in [0.3, 0.4) is 0 Å². The number of hydrogen-bond acceptors (Lipinski definition) is 5. The van der Waals surface area contributed by atoms with Gasteiger partial charge in [-0.15, -0.1) is 0 Å². The first-order valence-electron chi connectivity index (χ1n) is 10.6. The van der Waals surface area contributed by atoms with E-state index in [-0.39, 0.29) is 23.9 Å². The maximum absolute atomic E-state index is 12.6. The Morgan fingerprint density at radius 3 is 1.88 bits per heavy atom. The lowest BCUT2D eigenvalue weighted by atomic mass is 10.1. The third kappa shape index (κ3) is 5.04. The van der Waals surface area contributed by atoms with Crippen molar-refractivity contribution in [2.24, 2.45) is 0 Å². The molecular weight excluding hydrogens is 440 g/mol. The lowest BCUT2D eigenvalue weighted by Gasteiger charge is -2.21. The fourth-order valence-corrected chi connectivity index (χ4v) is 3.60. The fraction of sp³-hybridized carbons (Fsp3) is 0.148. The van der Waals surface area contributed by atoms with E-state index in [0.29, 0.717) is 45.2 Å². The zero-order chi connectivity index (χ0) is 23.2. The van der Waals surface area contributed by atoms with Crippen LogP contribution < -0.4 is 18.9 Å². The summed E-state index contributed by atoms with van der Waals surface area (Å²) in [6.45, 7) is 1.91. The van der Waals surface area contributed by atoms with Crippen LogP contribution in [0, 0.1) is 0 Å². The minimum Gasteiger partial charge on any atom is -0.492 e. The fourth-order valence-electron chi connectivity index (χ4n) is 3.42. The number of halogens is 1. The quantitative estimate of drug-likeness (QED) is 0.197. The van der Waals surface area contributed by atoms with Crippen LogP contribution in [0.4, 0.5) is 0 Å². The number of benzene rings is 4. The Kier molecular flexibility index (Phi) is 7.01. The molecule has 6 heteroatoms. The molecule has 0 radical (unpaired) electrons. The van der Waals surface area contributed by atoms with E-state index in [4.69, 9.17) is 30.5 Å². The number of carbonyl (C=O) groups is 1. The Bertz CT molecular complexity index is 1260. The van der Waals surface area contributed by atoms with Crippen LogP contribution >= 0.6 is 11.6 Å². The van der Waals surface area contributed by atoms with Gasteiger partial charge in [0.2, 0.25) is 11.5 Å². The minimum atomic E-state index is -0.382. The Morgan fingerprint density at radius 1 is 0.758 bits per heavy atom. The lowest BCUT2D eigenvalue weighted by molar-refractivity contribution is -0.134. The molecule has 4 rings (SSSR count). The zero-order valence-corrected chi connectivity index (χ0v) is 19.1. The van der Waals surface area contributed by atoms with E-state index in [1.807, 2.05) is 55.5 Å². The molecule has 0 amide bonds. The molecule has 0 aliphatic rings. The maximum atomic E-state index is 12.6. The van der Waals surface area contributed by atoms with Gasteiger partial charge in [-0.3, -0.25) is 4.79 Å². The molecule has 0 saturated carbocycles. The Labute approximate surface area is 197 Å². The number of ether oxygens (including phenoxy) is 4. The van der Waals surface area contributed by atoms with Gasteiger partial charge < -0.3 is 18.9 Å². The van der Waals surface area contributed by atoms with E-state index in [1.54, 1.807) is 37.4 Å². The van der Waals surface area contributed by atoms with E-state index < -0.39 is 0 Å². The molecule has 33 heavy (non-hydrogen) atoms. The molecule has 0 aliphatic heterocycles. The molecule has 0 N–H and O–H groups in total. The van der Waals surface area contributed by atoms with Crippen molar-refractivity contribution in [3.8, 4) is 34.5 Å². The molecule has 0 spiro atoms. The van der Waals surface area contributed by atoms with Gasteiger partial charge in [0.15, 0.2) is 11.5 Å². The molecule has 0 aromatic heterocycles. The molecular formula is C27H23ClO5. The largest absolute Gasteiger partial charge is 0.492 e. The number of methoxy groups -OCH3 is 1. The predicted octanol–water partition coefficient (Wildman–Crippen LogP) is 7.79. The first kappa shape index (κ1) is 22.5. The van der Waals surface area contributed by atoms with Gasteiger partial charge in [-0.1, -0.05) is 54.9 Å². The summed E-state index contributed by atoms with van der Waals surface area (Å²) in [5.41, 5.74) is 0. The number of fused-ring (bicyclic) bond motifs is 1. The summed E-state index contributed by atoms with van der Waals surface area (Å²) in [6, 6.07) is 23.7. The van der Waals surface area contributed by atoms with Crippen LogP contribution in [0.1, 0.15) is 19.8 Å². The van der Waals surface area contributed by atoms with Gasteiger partial charge in [-0.25, -0.2) is 0 Å². The summed E-state index contributed by atoms with van der Waals surface area (Å²) in [4.78, 5) is 12.6. The highest BCUT2D eigenvalue weighted by Crippen LogP contribution is 2.54. The van der Waals surface area contributed by atoms with Gasteiger partial charge in [0.1, 0.15) is 11.5 Å². The molecule has 0 heterocycles. The van der Waals surface area contributed by atoms with E-state index in [9.17, 15) is 4.79 Å². The van der Waals surface area contributed by atoms with E-state index in [0.717, 1.165) is 0 Å². The van der Waals surface area contributed by atoms with Gasteiger partial charge in [-0.05, 0) is 48.9 Å². The molecule has 0 saturated heterocycles. The van der Waals surface area contributed by atoms with Gasteiger partial charge >= 0.3 is 5.97 Å². The van der Waals surface area contributed by atoms with Gasteiger partial charge in [0.05, 0.1) is 7.11 Å². The van der Waals surface area contributed by atoms with E-state index >= 15 is 0 Å². The summed E-state index contributed by atoms with van der Waals surface area (Å²) < 4.78 is 24.1. The Morgan fingerprint density at radius 2 is 1.33 bits per heavy atom. The van der Waals surface area contributed by atoms with Crippen molar-refractivity contribution in [2.45, 2.75) is 19.8 Å². The summed E-state index contributed by atoms with van der Waals surface area (Å²) in [6.07, 6.45) is 0.906. The van der Waals surface area contributed by atoms with Crippen LogP contribution in [0.2, 0.25) is 5.02 Å². The summed E-state index contributed by atoms with van der Waals surface area (Å²) >= 11 is 6.31. The van der Waals surface area contributed by atoms with Crippen molar-refractivity contribution in [3.05, 3.63) is 83.9 Å². The highest BCUT2D eigenvalue weighted by Gasteiger charge is 2.27. The highest BCUT2D eigenvalue weighted by molar-refractivity contribution is 6.31. The molecule has 0 bridgehead atoms. The van der Waals surface area contributed by atoms with Crippen molar-refractivity contribution >= 4 is 28.3 Å². The first-order chi connectivity index (χ1) is 16.1. The molecule has 4 aromatic carbocycles. The van der Waals surface area contributed by atoms with Crippen LogP contribution in [0.15, 0.2) is 78.9 Å². The van der Waals surface area contributed by atoms with Crippen LogP contribution in [0.5, 0.6) is 34.5 Å². The van der Waals surface area contributed by atoms with Crippen LogP contribution in [0.25, 0.3) is 10.8 Å². The Balaban J connectivity index is 2.01. The second-order valence-corrected chi connectivity index (χ2v) is 7.70. The van der Waals surface area contributed by atoms with Crippen molar-refractivity contribution in [1.29, 1.82) is 0 Å². The van der Waals surface area contributed by atoms with Gasteiger partial charge in [-0.2, -0.15) is 0 Å². The number of carbonyl (C=O) groups excluding carboxylic acids is 1. The molecule has 168 valence electrons. The van der Waals surface area contributed by atoms with Gasteiger partial charge in [0, 0.05) is 22.2 Å². The second kappa shape index (κ2) is 10.3. The first-order valence-corrected chi connectivity index (χ1v) is 11.0. The maximum Gasteiger partial charge on any atom is 0.311 e. The lowest BCUT2D eigenvalue weighted by Crippen LogP contribution is -2.09. The number of rotatable bonds is 8. The topological polar surface area (TPSA) is 54.0 Å². The third-order valence-electron chi connectivity index (χ3n) is 4.89. The van der Waals surface area contributed by atoms with Crippen molar-refractivity contribution in [3.63, 3.8) is 0 Å². The number of hydrogen-bond donors (Lipinski definition) is 0. The monoisotopic (exact) mass is 462 g/mol. The summed E-state index contributed by atoms with van der Waals surface area (Å²) in [7, 11) is 1.55. The van der Waals surface area contributed by atoms with Gasteiger partial charge in [0.25, 0.3) is 0 Å². The molecule has 4 aromatic rings. The normalized spacial score (nSPS) is 10.6. The average molecular weight is 463 g/mol. The minimum absolute atomic E-state index is 0.223. The highest BCUT2D eigenvalue weighted by atomic mass is 35.5. The number of esters is 1. The number of para-hydroxylation sites is 2. The molecule has 0 atom stereocenters. The smallest absolute Gasteiger partial charge is 0.311 e. The molecule has 0 aliphatic carbocycles. The van der Waals surface area contributed by atoms with Crippen molar-refractivity contribution in [2.75, 3.05) is 7.11 Å². The summed E-state index contributed by atoms with van der Waals surface area (Å²) in [5, 5.41) is 1.74. The molecule has 5 nitrogen and oxygen atoms in total. The SMILES string of the molecule is CCCC(=O)Oc1c(Oc2ccccc2)c(Oc2ccccc2)c(OC)c2ccc(Cl)cc12.